The van der Waals surface area contributed by atoms with E-state index in [1.54, 1.807) is 12.2 Å². The molecule has 1 heterocycles. The Morgan fingerprint density at radius 2 is 1.64 bits per heavy atom. The summed E-state index contributed by atoms with van der Waals surface area (Å²) in [6, 6.07) is 13.3. The van der Waals surface area contributed by atoms with Crippen molar-refractivity contribution in [1.82, 2.24) is 0 Å². The van der Waals surface area contributed by atoms with Crippen LogP contribution in [0.2, 0.25) is 0 Å². The number of hydrogen-bond acceptors (Lipinski definition) is 1. The monoisotopic (exact) mass is 359 g/mol. The van der Waals surface area contributed by atoms with Gasteiger partial charge >= 0.3 is 6.18 Å². The third kappa shape index (κ3) is 2.72. The lowest BCUT2D eigenvalue weighted by atomic mass is 9.90. The van der Waals surface area contributed by atoms with E-state index in [0.717, 1.165) is 17.0 Å². The predicted molar refractivity (Wildman–Crippen MR) is 91.7 cm³/mol. The molecule has 0 bridgehead atoms. The molecule has 126 valence electrons. The average molecular weight is 359 g/mol. The molecule has 1 aliphatic heterocycles. The molecule has 0 saturated heterocycles. The minimum atomic E-state index is -4.46. The van der Waals surface area contributed by atoms with Gasteiger partial charge < -0.3 is 0 Å². The van der Waals surface area contributed by atoms with Gasteiger partial charge in [0, 0.05) is 0 Å². The second-order valence-corrected chi connectivity index (χ2v) is 8.12. The third-order valence-electron chi connectivity index (χ3n) is 4.47. The zero-order valence-corrected chi connectivity index (χ0v) is 13.8. The maximum absolute atomic E-state index is 13.1. The van der Waals surface area contributed by atoms with Gasteiger partial charge in [0.05, 0.1) is 27.9 Å². The van der Waals surface area contributed by atoms with Crippen molar-refractivity contribution in [3.05, 3.63) is 84.0 Å². The van der Waals surface area contributed by atoms with E-state index in [4.69, 9.17) is 0 Å². The largest absolute Gasteiger partial charge is 0.416 e. The van der Waals surface area contributed by atoms with E-state index in [1.165, 1.54) is 6.07 Å². The molecule has 0 radical (unpaired) electrons. The first-order valence-corrected chi connectivity index (χ1v) is 9.14. The van der Waals surface area contributed by atoms with Crippen LogP contribution in [-0.2, 0) is 17.1 Å². The first-order chi connectivity index (χ1) is 12.0. The maximum Gasteiger partial charge on any atom is 0.416 e. The number of fused-ring (bicyclic) bond motifs is 2. The number of carbonyl (C=O) groups excluding carboxylic acids is 1. The van der Waals surface area contributed by atoms with E-state index in [2.05, 4.69) is 0 Å². The lowest BCUT2D eigenvalue weighted by Gasteiger charge is -2.29. The van der Waals surface area contributed by atoms with Crippen LogP contribution in [-0.4, -0.2) is 11.0 Å². The Balaban J connectivity index is 1.93. The highest BCUT2D eigenvalue weighted by Gasteiger charge is 2.50. The lowest BCUT2D eigenvalue weighted by molar-refractivity contribution is -0.137. The molecule has 0 amide bonds. The number of carbonyl (C=O) groups is 1. The molecule has 3 atom stereocenters. The molecule has 1 aliphatic carbocycles. The van der Waals surface area contributed by atoms with Gasteiger partial charge in [-0.2, -0.15) is 13.2 Å². The fraction of sp³-hybridized carbons (Fsp3) is 0.150. The van der Waals surface area contributed by atoms with Crippen LogP contribution in [0.5, 0.6) is 0 Å². The van der Waals surface area contributed by atoms with Crippen molar-refractivity contribution in [2.75, 3.05) is 0 Å². The van der Waals surface area contributed by atoms with Crippen LogP contribution in [0.25, 0.3) is 0 Å². The Bertz CT molecular complexity index is 884. The number of hydrogen-bond donors (Lipinski definition) is 0. The molecule has 1 nitrogen and oxygen atoms in total. The highest BCUT2D eigenvalue weighted by Crippen LogP contribution is 2.43. The summed E-state index contributed by atoms with van der Waals surface area (Å²) in [4.78, 5) is 14.6. The number of benzene rings is 2. The van der Waals surface area contributed by atoms with Gasteiger partial charge in [-0.05, 0) is 36.4 Å². The minimum Gasteiger partial charge on any atom is -0.293 e. The number of rotatable bonds is 1. The molecule has 0 aromatic heterocycles. The summed E-state index contributed by atoms with van der Waals surface area (Å²) >= 11 is 0. The second kappa shape index (κ2) is 5.92. The van der Waals surface area contributed by atoms with Gasteiger partial charge in [0.2, 0.25) is 0 Å². The number of alkyl halides is 3. The van der Waals surface area contributed by atoms with Gasteiger partial charge in [-0.15, -0.1) is 0 Å². The molecule has 25 heavy (non-hydrogen) atoms. The second-order valence-electron chi connectivity index (χ2n) is 5.98. The van der Waals surface area contributed by atoms with Crippen molar-refractivity contribution < 1.29 is 18.0 Å². The number of ketones is 1. The van der Waals surface area contributed by atoms with Crippen LogP contribution < -0.4 is 0 Å². The Hall–Kier alpha value is -2.27. The Morgan fingerprint density at radius 3 is 2.36 bits per heavy atom. The Morgan fingerprint density at radius 1 is 0.920 bits per heavy atom. The van der Waals surface area contributed by atoms with E-state index in [0.29, 0.717) is 4.90 Å². The number of halogens is 3. The summed E-state index contributed by atoms with van der Waals surface area (Å²) in [7, 11) is -0.481. The number of Topliss-reactive ketones (excluding diaryl/α,β-unsaturated/α-hetero) is 1. The summed E-state index contributed by atoms with van der Waals surface area (Å²) in [5.74, 6) is -0.643. The van der Waals surface area contributed by atoms with Crippen molar-refractivity contribution in [2.45, 2.75) is 21.2 Å². The fourth-order valence-corrected chi connectivity index (χ4v) is 5.99. The van der Waals surface area contributed by atoms with Crippen molar-refractivity contribution in [3.63, 3.8) is 0 Å². The van der Waals surface area contributed by atoms with Crippen LogP contribution in [0.4, 0.5) is 13.2 Å². The summed E-state index contributed by atoms with van der Waals surface area (Å²) in [6.07, 6.45) is 3.05. The minimum absolute atomic E-state index is 0.0517. The molecule has 2 aromatic carbocycles. The molecular formula is C20H14F3OS+. The average Bonchev–Trinajstić information content (AvgIpc) is 2.62. The van der Waals surface area contributed by atoms with Gasteiger partial charge in [-0.1, -0.05) is 36.4 Å². The molecule has 3 unspecified atom stereocenters. The van der Waals surface area contributed by atoms with E-state index < -0.39 is 28.6 Å². The van der Waals surface area contributed by atoms with Crippen molar-refractivity contribution >= 4 is 16.7 Å². The van der Waals surface area contributed by atoms with E-state index in [9.17, 15) is 18.0 Å². The molecule has 2 aliphatic rings. The highest BCUT2D eigenvalue weighted by atomic mass is 32.2. The summed E-state index contributed by atoms with van der Waals surface area (Å²) in [6.45, 7) is 0. The van der Waals surface area contributed by atoms with Crippen LogP contribution in [0.3, 0.4) is 0 Å². The highest BCUT2D eigenvalue weighted by molar-refractivity contribution is 7.98. The molecule has 0 spiro atoms. The van der Waals surface area contributed by atoms with Gasteiger partial charge in [0.25, 0.3) is 0 Å². The zero-order chi connectivity index (χ0) is 17.6. The fourth-order valence-electron chi connectivity index (χ4n) is 3.32. The van der Waals surface area contributed by atoms with Crippen LogP contribution in [0.1, 0.15) is 15.9 Å². The molecule has 5 heteroatoms. The smallest absolute Gasteiger partial charge is 0.293 e. The van der Waals surface area contributed by atoms with E-state index >= 15 is 0 Å². The van der Waals surface area contributed by atoms with Crippen molar-refractivity contribution in [3.8, 4) is 0 Å². The van der Waals surface area contributed by atoms with Crippen molar-refractivity contribution in [1.29, 1.82) is 0 Å². The molecule has 4 rings (SSSR count). The lowest BCUT2D eigenvalue weighted by Crippen LogP contribution is -2.39. The van der Waals surface area contributed by atoms with Gasteiger partial charge in [-0.25, -0.2) is 0 Å². The molecule has 2 aromatic rings. The predicted octanol–water partition coefficient (Wildman–Crippen LogP) is 5.05. The molecule has 0 saturated carbocycles. The standard InChI is InChI=1S/C20H14F3OS/c21-20(22,23)13-10-11-18-16(12-13)19(24)15-8-4-5-9-17(15)25(18)14-6-2-1-3-7-14/h1-12,15,17H/q+1. The summed E-state index contributed by atoms with van der Waals surface area (Å²) in [5.41, 5.74) is -0.576. The quantitative estimate of drug-likeness (QED) is 0.651. The molecule has 0 N–H and O–H groups in total. The molecule has 0 fully saturated rings. The van der Waals surface area contributed by atoms with Crippen LogP contribution in [0, 0.1) is 5.92 Å². The Labute approximate surface area is 146 Å². The SMILES string of the molecule is O=C1c2cc(C(F)(F)F)ccc2[S+](c2ccccc2)C2C=CC=CC12. The third-order valence-corrected chi connectivity index (χ3v) is 7.07. The first-order valence-electron chi connectivity index (χ1n) is 7.85. The normalized spacial score (nSPS) is 24.8. The van der Waals surface area contributed by atoms with Gasteiger partial charge in [0.1, 0.15) is 0 Å². The summed E-state index contributed by atoms with van der Waals surface area (Å²) in [5, 5.41) is -0.0517. The van der Waals surface area contributed by atoms with Gasteiger partial charge in [-0.3, -0.25) is 4.79 Å². The van der Waals surface area contributed by atoms with E-state index in [-0.39, 0.29) is 16.6 Å². The van der Waals surface area contributed by atoms with Crippen molar-refractivity contribution in [2.24, 2.45) is 5.92 Å². The first kappa shape index (κ1) is 16.2. The Kier molecular flexibility index (Phi) is 3.84. The van der Waals surface area contributed by atoms with Gasteiger partial charge in [0.15, 0.2) is 20.8 Å². The zero-order valence-electron chi connectivity index (χ0n) is 13.0. The number of allylic oxidation sites excluding steroid dienone is 3. The topological polar surface area (TPSA) is 17.1 Å². The summed E-state index contributed by atoms with van der Waals surface area (Å²) < 4.78 is 39.3. The van der Waals surface area contributed by atoms with Crippen LogP contribution in [0.15, 0.2) is 82.6 Å². The van der Waals surface area contributed by atoms with E-state index in [1.807, 2.05) is 42.5 Å². The molecular weight excluding hydrogens is 345 g/mol. The maximum atomic E-state index is 13.1. The van der Waals surface area contributed by atoms with Crippen LogP contribution >= 0.6 is 0 Å².